The molecule has 0 atom stereocenters. The third-order valence-electron chi connectivity index (χ3n) is 1.82. The molecule has 13 heavy (non-hydrogen) atoms. The van der Waals surface area contributed by atoms with Crippen molar-refractivity contribution >= 4 is 28.8 Å². The Labute approximate surface area is 73.9 Å². The maximum absolute atomic E-state index is 10.2. The fourth-order valence-corrected chi connectivity index (χ4v) is 1.19. The van der Waals surface area contributed by atoms with E-state index < -0.39 is 0 Å². The Morgan fingerprint density at radius 2 is 2.38 bits per heavy atom. The number of fused-ring (bicyclic) bond motifs is 1. The number of benzene rings is 1. The number of carbonyl (C=O) groups excluding carboxylic acids is 1. The number of nitrogens with one attached hydrogen (secondary N) is 2. The number of rotatable bonds is 2. The number of hydrogen-bond acceptors (Lipinski definition) is 3. The minimum Gasteiger partial charge on any atom is -0.382 e. The molecule has 2 rings (SSSR count). The third-order valence-corrected chi connectivity index (χ3v) is 1.82. The van der Waals surface area contributed by atoms with Crippen LogP contribution in [0.25, 0.3) is 10.9 Å². The van der Waals surface area contributed by atoms with E-state index >= 15 is 0 Å². The van der Waals surface area contributed by atoms with Gasteiger partial charge in [0.25, 0.3) is 0 Å². The molecule has 0 aliphatic heterocycles. The molecule has 0 radical (unpaired) electrons. The molecule has 1 amide bonds. The van der Waals surface area contributed by atoms with E-state index in [9.17, 15) is 4.79 Å². The lowest BCUT2D eigenvalue weighted by Gasteiger charge is -1.97. The van der Waals surface area contributed by atoms with Crippen LogP contribution in [0.1, 0.15) is 0 Å². The smallest absolute Gasteiger partial charge is 0.211 e. The second kappa shape index (κ2) is 2.78. The van der Waals surface area contributed by atoms with E-state index in [1.807, 2.05) is 6.07 Å². The molecule has 0 aliphatic rings. The minimum absolute atomic E-state index is 0.435. The van der Waals surface area contributed by atoms with Crippen molar-refractivity contribution in [2.75, 3.05) is 11.1 Å². The van der Waals surface area contributed by atoms with Crippen LogP contribution in [0.15, 0.2) is 18.2 Å². The van der Waals surface area contributed by atoms with E-state index in [2.05, 4.69) is 15.5 Å². The first kappa shape index (κ1) is 7.60. The Balaban J connectivity index is 2.58. The molecule has 5 heteroatoms. The summed E-state index contributed by atoms with van der Waals surface area (Å²) in [5, 5.41) is 9.95. The Morgan fingerprint density at radius 1 is 1.54 bits per heavy atom. The number of nitrogens with zero attached hydrogens (tertiary/aromatic N) is 1. The molecular formula is C8H8N4O. The van der Waals surface area contributed by atoms with Gasteiger partial charge in [-0.1, -0.05) is 0 Å². The van der Waals surface area contributed by atoms with E-state index in [1.165, 1.54) is 0 Å². The van der Waals surface area contributed by atoms with Gasteiger partial charge in [-0.3, -0.25) is 9.89 Å². The summed E-state index contributed by atoms with van der Waals surface area (Å²) in [7, 11) is 0. The lowest BCUT2D eigenvalue weighted by atomic mass is 10.2. The minimum atomic E-state index is 0.435. The standard InChI is InChI=1S/C8H8N4O/c9-8-6-3-5(10-4-13)1-2-7(6)11-12-8/h1-4H,(H,10,13)(H3,9,11,12). The van der Waals surface area contributed by atoms with Gasteiger partial charge in [0.15, 0.2) is 5.82 Å². The number of nitrogen functional groups attached to an aromatic ring is 1. The van der Waals surface area contributed by atoms with E-state index in [4.69, 9.17) is 5.73 Å². The predicted octanol–water partition coefficient (Wildman–Crippen LogP) is 0.713. The summed E-state index contributed by atoms with van der Waals surface area (Å²) in [6.45, 7) is 0. The molecule has 66 valence electrons. The van der Waals surface area contributed by atoms with Crippen molar-refractivity contribution in [2.24, 2.45) is 0 Å². The van der Waals surface area contributed by atoms with Crippen molar-refractivity contribution in [1.82, 2.24) is 10.2 Å². The zero-order valence-electron chi connectivity index (χ0n) is 6.74. The topological polar surface area (TPSA) is 83.8 Å². The Kier molecular flexibility index (Phi) is 1.63. The van der Waals surface area contributed by atoms with E-state index in [-0.39, 0.29) is 0 Å². The first-order chi connectivity index (χ1) is 6.31. The molecule has 0 fully saturated rings. The SMILES string of the molecule is Nc1n[nH]c2ccc(NC=O)cc12. The number of aromatic nitrogens is 2. The molecule has 0 saturated heterocycles. The molecular weight excluding hydrogens is 168 g/mol. The molecule has 2 aromatic rings. The molecule has 0 unspecified atom stereocenters. The highest BCUT2D eigenvalue weighted by Crippen LogP contribution is 2.21. The van der Waals surface area contributed by atoms with Gasteiger partial charge in [0, 0.05) is 11.1 Å². The molecule has 0 spiro atoms. The second-order valence-corrected chi connectivity index (χ2v) is 2.63. The van der Waals surface area contributed by atoms with Crippen molar-refractivity contribution < 1.29 is 4.79 Å². The first-order valence-corrected chi connectivity index (χ1v) is 3.75. The van der Waals surface area contributed by atoms with Crippen LogP contribution in [0.2, 0.25) is 0 Å². The fraction of sp³-hybridized carbons (Fsp3) is 0. The molecule has 1 aromatic carbocycles. The summed E-state index contributed by atoms with van der Waals surface area (Å²) in [5.41, 5.74) is 7.14. The zero-order valence-corrected chi connectivity index (χ0v) is 6.74. The lowest BCUT2D eigenvalue weighted by Crippen LogP contribution is -1.93. The van der Waals surface area contributed by atoms with E-state index in [0.717, 1.165) is 10.9 Å². The molecule has 1 aromatic heterocycles. The van der Waals surface area contributed by atoms with Gasteiger partial charge >= 0.3 is 0 Å². The monoisotopic (exact) mass is 176 g/mol. The van der Waals surface area contributed by atoms with Crippen LogP contribution in [-0.4, -0.2) is 16.6 Å². The highest BCUT2D eigenvalue weighted by molar-refractivity contribution is 5.92. The quantitative estimate of drug-likeness (QED) is 0.589. The fourth-order valence-electron chi connectivity index (χ4n) is 1.19. The zero-order chi connectivity index (χ0) is 9.26. The summed E-state index contributed by atoms with van der Waals surface area (Å²) < 4.78 is 0. The maximum Gasteiger partial charge on any atom is 0.211 e. The van der Waals surface area contributed by atoms with Crippen LogP contribution in [0.5, 0.6) is 0 Å². The van der Waals surface area contributed by atoms with Gasteiger partial charge in [-0.05, 0) is 18.2 Å². The molecule has 0 saturated carbocycles. The normalized spacial score (nSPS) is 10.2. The third kappa shape index (κ3) is 1.20. The molecule has 0 bridgehead atoms. The largest absolute Gasteiger partial charge is 0.382 e. The number of amides is 1. The summed E-state index contributed by atoms with van der Waals surface area (Å²) in [6, 6.07) is 5.35. The Morgan fingerprint density at radius 3 is 3.15 bits per heavy atom. The summed E-state index contributed by atoms with van der Waals surface area (Å²) >= 11 is 0. The number of anilines is 2. The van der Waals surface area contributed by atoms with Crippen LogP contribution < -0.4 is 11.1 Å². The Hall–Kier alpha value is -2.04. The van der Waals surface area contributed by atoms with Crippen molar-refractivity contribution in [2.45, 2.75) is 0 Å². The van der Waals surface area contributed by atoms with Crippen molar-refractivity contribution in [1.29, 1.82) is 0 Å². The van der Waals surface area contributed by atoms with Gasteiger partial charge in [-0.25, -0.2) is 0 Å². The van der Waals surface area contributed by atoms with Crippen molar-refractivity contribution in [3.63, 3.8) is 0 Å². The Bertz CT molecular complexity index is 448. The van der Waals surface area contributed by atoms with Gasteiger partial charge in [0.1, 0.15) is 0 Å². The molecule has 1 heterocycles. The average molecular weight is 176 g/mol. The number of H-pyrrole nitrogens is 1. The molecule has 4 N–H and O–H groups in total. The molecule has 0 aliphatic carbocycles. The number of carbonyl (C=O) groups is 1. The lowest BCUT2D eigenvalue weighted by molar-refractivity contribution is -0.105. The van der Waals surface area contributed by atoms with Crippen LogP contribution in [0, 0.1) is 0 Å². The first-order valence-electron chi connectivity index (χ1n) is 3.75. The van der Waals surface area contributed by atoms with Crippen molar-refractivity contribution in [3.05, 3.63) is 18.2 Å². The van der Waals surface area contributed by atoms with Gasteiger partial charge in [0.2, 0.25) is 6.41 Å². The second-order valence-electron chi connectivity index (χ2n) is 2.63. The van der Waals surface area contributed by atoms with Crippen molar-refractivity contribution in [3.8, 4) is 0 Å². The van der Waals surface area contributed by atoms with Gasteiger partial charge in [0.05, 0.1) is 5.52 Å². The maximum atomic E-state index is 10.2. The van der Waals surface area contributed by atoms with E-state index in [0.29, 0.717) is 17.9 Å². The summed E-state index contributed by atoms with van der Waals surface area (Å²) in [5.74, 6) is 0.435. The molecule has 5 nitrogen and oxygen atoms in total. The number of hydrogen-bond donors (Lipinski definition) is 3. The van der Waals surface area contributed by atoms with E-state index in [1.54, 1.807) is 12.1 Å². The van der Waals surface area contributed by atoms with Crippen LogP contribution in [0.3, 0.4) is 0 Å². The predicted molar refractivity (Wildman–Crippen MR) is 50.2 cm³/mol. The summed E-state index contributed by atoms with van der Waals surface area (Å²) in [4.78, 5) is 10.2. The van der Waals surface area contributed by atoms with Gasteiger partial charge in [-0.15, -0.1) is 0 Å². The average Bonchev–Trinajstić information content (AvgIpc) is 2.49. The van der Waals surface area contributed by atoms with Gasteiger partial charge < -0.3 is 11.1 Å². The number of nitrogens with two attached hydrogens (primary N) is 1. The van der Waals surface area contributed by atoms with Crippen LogP contribution in [-0.2, 0) is 4.79 Å². The highest BCUT2D eigenvalue weighted by atomic mass is 16.1. The number of aromatic amines is 1. The highest BCUT2D eigenvalue weighted by Gasteiger charge is 2.01. The van der Waals surface area contributed by atoms with Crippen LogP contribution >= 0.6 is 0 Å². The van der Waals surface area contributed by atoms with Gasteiger partial charge in [-0.2, -0.15) is 5.10 Å². The van der Waals surface area contributed by atoms with Crippen LogP contribution in [0.4, 0.5) is 11.5 Å². The summed E-state index contributed by atoms with van der Waals surface area (Å²) in [6.07, 6.45) is 0.622.